The third-order valence-corrected chi connectivity index (χ3v) is 5.89. The molecule has 1 aliphatic rings. The van der Waals surface area contributed by atoms with Crippen LogP contribution < -0.4 is 21.3 Å². The first-order valence-corrected chi connectivity index (χ1v) is 10.4. The molecule has 1 saturated carbocycles. The summed E-state index contributed by atoms with van der Waals surface area (Å²) < 4.78 is 7.98. The molecule has 3 rings (SSSR count). The zero-order valence-electron chi connectivity index (χ0n) is 18.0. The standard InChI is InChI=1S/C20H26N6O6S/c1-22-9-12(8-21)20(30,31)26-16(28)13-7-11(19(25-33)5-6-19)3-4-14(13)24-18(26)23-10-15(27)17(29)32-2/h3-4,7-9,15,25,27,30-31,33H,5-6,10,21H2,1-2H3,(H,23,24)/b12-8+,22-9?. The Hall–Kier alpha value is -2.97. The molecule has 12 nitrogen and oxygen atoms in total. The van der Waals surface area contributed by atoms with Gasteiger partial charge in [0.1, 0.15) is 0 Å². The zero-order valence-corrected chi connectivity index (χ0v) is 18.9. The number of ether oxygens (including phenoxy) is 1. The molecule has 1 heterocycles. The summed E-state index contributed by atoms with van der Waals surface area (Å²) in [5.41, 5.74) is 5.10. The maximum Gasteiger partial charge on any atom is 0.336 e. The topological polar surface area (TPSA) is 184 Å². The first kappa shape index (κ1) is 24.7. The summed E-state index contributed by atoms with van der Waals surface area (Å²) >= 11 is 4.18. The molecule has 1 fully saturated rings. The van der Waals surface area contributed by atoms with Crippen LogP contribution in [0.5, 0.6) is 0 Å². The molecule has 0 bridgehead atoms. The van der Waals surface area contributed by atoms with Gasteiger partial charge in [-0.05, 0) is 30.5 Å². The maximum atomic E-state index is 13.5. The number of carbonyl (C=O) groups is 1. The van der Waals surface area contributed by atoms with Gasteiger partial charge in [0.2, 0.25) is 5.95 Å². The van der Waals surface area contributed by atoms with Crippen molar-refractivity contribution in [1.82, 2.24) is 14.3 Å². The van der Waals surface area contributed by atoms with Crippen LogP contribution in [-0.2, 0) is 21.0 Å². The van der Waals surface area contributed by atoms with Crippen molar-refractivity contribution >= 4 is 41.8 Å². The van der Waals surface area contributed by atoms with Gasteiger partial charge in [0.15, 0.2) is 6.10 Å². The summed E-state index contributed by atoms with van der Waals surface area (Å²) in [6.45, 7) is -0.422. The highest BCUT2D eigenvalue weighted by molar-refractivity contribution is 7.78. The molecule has 1 unspecified atom stereocenters. The van der Waals surface area contributed by atoms with E-state index in [4.69, 9.17) is 5.73 Å². The number of carbonyl (C=O) groups excluding carboxylic acids is 1. The fraction of sp³-hybridized carbons (Fsp3) is 0.400. The van der Waals surface area contributed by atoms with Crippen molar-refractivity contribution in [2.24, 2.45) is 10.7 Å². The van der Waals surface area contributed by atoms with Crippen LogP contribution in [0.15, 0.2) is 39.8 Å². The Balaban J connectivity index is 2.20. The van der Waals surface area contributed by atoms with E-state index in [0.29, 0.717) is 4.57 Å². The van der Waals surface area contributed by atoms with Gasteiger partial charge >= 0.3 is 5.97 Å². The van der Waals surface area contributed by atoms with Crippen LogP contribution in [-0.4, -0.2) is 63.9 Å². The van der Waals surface area contributed by atoms with E-state index in [1.165, 1.54) is 7.05 Å². The summed E-state index contributed by atoms with van der Waals surface area (Å²) in [6.07, 6.45) is 2.02. The molecule has 0 saturated heterocycles. The predicted molar refractivity (Wildman–Crippen MR) is 125 cm³/mol. The molecule has 7 N–H and O–H groups in total. The van der Waals surface area contributed by atoms with Gasteiger partial charge in [0.25, 0.3) is 11.5 Å². The average Bonchev–Trinajstić information content (AvgIpc) is 3.61. The van der Waals surface area contributed by atoms with Crippen LogP contribution in [0.3, 0.4) is 0 Å². The average molecular weight is 479 g/mol. The van der Waals surface area contributed by atoms with E-state index in [1.54, 1.807) is 18.2 Å². The number of benzene rings is 1. The van der Waals surface area contributed by atoms with Crippen LogP contribution >= 0.6 is 12.8 Å². The van der Waals surface area contributed by atoms with E-state index in [2.05, 4.69) is 37.6 Å². The molecule has 0 aliphatic heterocycles. The quantitative estimate of drug-likeness (QED) is 0.101. The number of aromatic nitrogens is 2. The molecule has 13 heteroatoms. The third-order valence-electron chi connectivity index (χ3n) is 5.46. The number of hydrogen-bond donors (Lipinski definition) is 7. The summed E-state index contributed by atoms with van der Waals surface area (Å²) in [5, 5.41) is 34.5. The highest BCUT2D eigenvalue weighted by Crippen LogP contribution is 2.46. The fourth-order valence-electron chi connectivity index (χ4n) is 3.40. The number of aliphatic hydroxyl groups is 3. The number of fused-ring (bicyclic) bond motifs is 1. The number of thiol groups is 1. The zero-order chi connectivity index (χ0) is 24.4. The molecule has 0 spiro atoms. The lowest BCUT2D eigenvalue weighted by Gasteiger charge is -2.28. The van der Waals surface area contributed by atoms with Crippen LogP contribution in [0, 0.1) is 0 Å². The second-order valence-electron chi connectivity index (χ2n) is 7.57. The molecule has 33 heavy (non-hydrogen) atoms. The van der Waals surface area contributed by atoms with Gasteiger partial charge < -0.3 is 31.1 Å². The van der Waals surface area contributed by atoms with Crippen molar-refractivity contribution in [3.8, 4) is 0 Å². The molecule has 0 radical (unpaired) electrons. The van der Waals surface area contributed by atoms with Crippen molar-refractivity contribution in [2.45, 2.75) is 30.4 Å². The molecular formula is C20H26N6O6S. The number of aliphatic imine (C=N–C) groups is 1. The van der Waals surface area contributed by atoms with Gasteiger partial charge in [0, 0.05) is 19.5 Å². The Morgan fingerprint density at radius 1 is 1.48 bits per heavy atom. The Kier molecular flexibility index (Phi) is 7.09. The van der Waals surface area contributed by atoms with Crippen molar-refractivity contribution in [3.63, 3.8) is 0 Å². The maximum absolute atomic E-state index is 13.5. The number of nitrogens with two attached hydrogens (primary N) is 1. The molecule has 2 aromatic rings. The molecular weight excluding hydrogens is 452 g/mol. The SMILES string of the molecule is CN=C/C(=C\N)C(O)(O)n1c(NCC(O)C(=O)OC)nc2ccc(C3(NS)CC3)cc2c1=O. The largest absolute Gasteiger partial charge is 0.467 e. The molecule has 1 atom stereocenters. The number of methoxy groups -OCH3 is 1. The van der Waals surface area contributed by atoms with E-state index < -0.39 is 30.1 Å². The van der Waals surface area contributed by atoms with E-state index in [9.17, 15) is 24.9 Å². The Morgan fingerprint density at radius 3 is 2.73 bits per heavy atom. The molecule has 178 valence electrons. The van der Waals surface area contributed by atoms with Crippen molar-refractivity contribution in [1.29, 1.82) is 0 Å². The van der Waals surface area contributed by atoms with Crippen molar-refractivity contribution in [3.05, 3.63) is 45.9 Å². The number of nitrogens with zero attached hydrogens (tertiary/aromatic N) is 3. The van der Waals surface area contributed by atoms with Gasteiger partial charge in [-0.2, -0.15) is 0 Å². The van der Waals surface area contributed by atoms with E-state index in [0.717, 1.165) is 37.9 Å². The predicted octanol–water partition coefficient (Wildman–Crippen LogP) is -1.10. The Labute approximate surface area is 194 Å². The minimum atomic E-state index is -2.96. The van der Waals surface area contributed by atoms with Crippen LogP contribution in [0.1, 0.15) is 18.4 Å². The van der Waals surface area contributed by atoms with E-state index in [1.807, 2.05) is 0 Å². The first-order chi connectivity index (χ1) is 15.6. The highest BCUT2D eigenvalue weighted by atomic mass is 32.1. The number of nitrogens with one attached hydrogen (secondary N) is 2. The van der Waals surface area contributed by atoms with Crippen molar-refractivity contribution < 1.29 is 24.9 Å². The number of aliphatic hydroxyl groups excluding tert-OH is 1. The fourth-order valence-corrected chi connectivity index (χ4v) is 3.75. The minimum absolute atomic E-state index is 0.110. The smallest absolute Gasteiger partial charge is 0.336 e. The van der Waals surface area contributed by atoms with Crippen LogP contribution in [0.25, 0.3) is 10.9 Å². The monoisotopic (exact) mass is 478 g/mol. The number of hydrogen-bond acceptors (Lipinski definition) is 12. The summed E-state index contributed by atoms with van der Waals surface area (Å²) in [6, 6.07) is 5.02. The summed E-state index contributed by atoms with van der Waals surface area (Å²) in [7, 11) is 2.49. The first-order valence-electron chi connectivity index (χ1n) is 9.93. The molecule has 0 amide bonds. The van der Waals surface area contributed by atoms with Crippen molar-refractivity contribution in [2.75, 3.05) is 26.0 Å². The lowest BCUT2D eigenvalue weighted by molar-refractivity contribution is -0.191. The number of rotatable bonds is 9. The Morgan fingerprint density at radius 2 is 2.18 bits per heavy atom. The molecule has 1 aromatic heterocycles. The minimum Gasteiger partial charge on any atom is -0.467 e. The number of esters is 1. The van der Waals surface area contributed by atoms with E-state index in [-0.39, 0.29) is 28.0 Å². The third kappa shape index (κ3) is 4.58. The van der Waals surface area contributed by atoms with Crippen LogP contribution in [0.4, 0.5) is 5.95 Å². The van der Waals surface area contributed by atoms with Crippen LogP contribution in [0.2, 0.25) is 0 Å². The normalized spacial score (nSPS) is 16.7. The van der Waals surface area contributed by atoms with E-state index >= 15 is 0 Å². The lowest BCUT2D eigenvalue weighted by atomic mass is 10.0. The Bertz CT molecular complexity index is 1170. The second-order valence-corrected chi connectivity index (χ2v) is 7.79. The van der Waals surface area contributed by atoms with Gasteiger partial charge in [-0.3, -0.25) is 14.5 Å². The van der Waals surface area contributed by atoms with Gasteiger partial charge in [0.05, 0.1) is 35.7 Å². The van der Waals surface area contributed by atoms with Gasteiger partial charge in [-0.15, -0.1) is 0 Å². The number of anilines is 1. The molecule has 1 aromatic carbocycles. The summed E-state index contributed by atoms with van der Waals surface area (Å²) in [5.74, 6) is -4.21. The van der Waals surface area contributed by atoms with Gasteiger partial charge in [-0.25, -0.2) is 14.3 Å². The lowest BCUT2D eigenvalue weighted by Crippen LogP contribution is -2.45. The molecule has 1 aliphatic carbocycles. The summed E-state index contributed by atoms with van der Waals surface area (Å²) in [4.78, 5) is 33.1. The highest BCUT2D eigenvalue weighted by Gasteiger charge is 2.43. The van der Waals surface area contributed by atoms with Gasteiger partial charge in [-0.1, -0.05) is 18.9 Å². The second kappa shape index (κ2) is 9.49.